The van der Waals surface area contributed by atoms with Gasteiger partial charge in [-0.1, -0.05) is 30.2 Å². The molecule has 0 saturated carbocycles. The summed E-state index contributed by atoms with van der Waals surface area (Å²) in [5, 5.41) is 14.6. The lowest BCUT2D eigenvalue weighted by Gasteiger charge is -2.33. The molecule has 3 N–H and O–H groups in total. The molecule has 1 aliphatic heterocycles. The van der Waals surface area contributed by atoms with Crippen LogP contribution in [0.4, 0.5) is 24.8 Å². The SMILES string of the molecule is CCNc1ncnc(NC)c1C(=N)C#Cc1cccc(-c2ccc(CN3CCN(C)CC3)c(C(F)(F)F)c2)c1. The molecule has 0 amide bonds. The van der Waals surface area contributed by atoms with E-state index in [0.29, 0.717) is 40.4 Å². The van der Waals surface area contributed by atoms with E-state index in [0.717, 1.165) is 26.2 Å². The van der Waals surface area contributed by atoms with Gasteiger partial charge in [0.2, 0.25) is 0 Å². The third kappa shape index (κ3) is 6.93. The Morgan fingerprint density at radius 3 is 2.44 bits per heavy atom. The summed E-state index contributed by atoms with van der Waals surface area (Å²) in [6, 6.07) is 11.6. The standard InChI is InChI=1S/C29H32F3N7/c1-4-35-28-26(27(34-2)36-19-37-28)25(33)11-8-20-6-5-7-21(16-20)22-9-10-23(24(17-22)29(30,31)32)18-39-14-12-38(3)13-15-39/h5-7,9-10,16-17,19,33H,4,12-15,18H2,1-3H3,(H2,34,35,36,37). The van der Waals surface area contributed by atoms with Gasteiger partial charge in [-0.2, -0.15) is 13.2 Å². The minimum Gasteiger partial charge on any atom is -0.372 e. The molecule has 1 saturated heterocycles. The van der Waals surface area contributed by atoms with E-state index >= 15 is 0 Å². The lowest BCUT2D eigenvalue weighted by Crippen LogP contribution is -2.44. The molecule has 3 aromatic rings. The van der Waals surface area contributed by atoms with Crippen molar-refractivity contribution in [3.05, 3.63) is 71.0 Å². The second-order valence-electron chi connectivity index (χ2n) is 9.38. The molecular weight excluding hydrogens is 503 g/mol. The van der Waals surface area contributed by atoms with Gasteiger partial charge >= 0.3 is 6.18 Å². The van der Waals surface area contributed by atoms with Crippen molar-refractivity contribution in [2.75, 3.05) is 57.5 Å². The van der Waals surface area contributed by atoms with E-state index in [9.17, 15) is 13.2 Å². The van der Waals surface area contributed by atoms with E-state index in [-0.39, 0.29) is 17.8 Å². The molecule has 2 aromatic carbocycles. The first-order chi connectivity index (χ1) is 18.7. The van der Waals surface area contributed by atoms with Crippen LogP contribution in [-0.2, 0) is 12.7 Å². The fourth-order valence-corrected chi connectivity index (χ4v) is 4.49. The normalized spacial score (nSPS) is 14.4. The van der Waals surface area contributed by atoms with Crippen molar-refractivity contribution in [2.45, 2.75) is 19.6 Å². The van der Waals surface area contributed by atoms with Gasteiger partial charge in [0.25, 0.3) is 0 Å². The Morgan fingerprint density at radius 1 is 1.03 bits per heavy atom. The Bertz CT molecular complexity index is 1380. The summed E-state index contributed by atoms with van der Waals surface area (Å²) >= 11 is 0. The van der Waals surface area contributed by atoms with Gasteiger partial charge in [0, 0.05) is 51.9 Å². The highest BCUT2D eigenvalue weighted by molar-refractivity contribution is 6.16. The number of benzene rings is 2. The zero-order chi connectivity index (χ0) is 28.0. The van der Waals surface area contributed by atoms with Crippen molar-refractivity contribution in [3.63, 3.8) is 0 Å². The predicted molar refractivity (Wildman–Crippen MR) is 149 cm³/mol. The van der Waals surface area contributed by atoms with Crippen molar-refractivity contribution in [1.29, 1.82) is 5.41 Å². The van der Waals surface area contributed by atoms with Crippen LogP contribution in [0.2, 0.25) is 0 Å². The van der Waals surface area contributed by atoms with Gasteiger partial charge in [0.1, 0.15) is 23.7 Å². The highest BCUT2D eigenvalue weighted by atomic mass is 19.4. The number of nitrogens with one attached hydrogen (secondary N) is 3. The molecule has 0 spiro atoms. The molecule has 204 valence electrons. The van der Waals surface area contributed by atoms with E-state index in [1.807, 2.05) is 14.0 Å². The Hall–Kier alpha value is -3.94. The number of likely N-dealkylation sites (N-methyl/N-ethyl adjacent to an activating group) is 1. The van der Waals surface area contributed by atoms with Crippen LogP contribution in [0.15, 0.2) is 48.8 Å². The second-order valence-corrected chi connectivity index (χ2v) is 9.38. The molecule has 1 aromatic heterocycles. The summed E-state index contributed by atoms with van der Waals surface area (Å²) in [6.07, 6.45) is -3.06. The maximum Gasteiger partial charge on any atom is 0.416 e. The number of nitrogens with zero attached hydrogens (tertiary/aromatic N) is 4. The molecule has 39 heavy (non-hydrogen) atoms. The number of hydrogen-bond acceptors (Lipinski definition) is 7. The van der Waals surface area contributed by atoms with Crippen molar-refractivity contribution in [3.8, 4) is 23.0 Å². The highest BCUT2D eigenvalue weighted by Crippen LogP contribution is 2.36. The van der Waals surface area contributed by atoms with Gasteiger partial charge in [-0.25, -0.2) is 9.97 Å². The molecule has 7 nitrogen and oxygen atoms in total. The smallest absolute Gasteiger partial charge is 0.372 e. The first-order valence-corrected chi connectivity index (χ1v) is 12.8. The molecular formula is C29H32F3N7. The summed E-state index contributed by atoms with van der Waals surface area (Å²) in [4.78, 5) is 12.6. The van der Waals surface area contributed by atoms with Gasteiger partial charge in [-0.15, -0.1) is 0 Å². The quantitative estimate of drug-likeness (QED) is 0.298. The average Bonchev–Trinajstić information content (AvgIpc) is 2.93. The number of alkyl halides is 3. The Balaban J connectivity index is 1.61. The third-order valence-electron chi connectivity index (χ3n) is 6.61. The van der Waals surface area contributed by atoms with Crippen LogP contribution in [0.5, 0.6) is 0 Å². The molecule has 4 rings (SSSR count). The van der Waals surface area contributed by atoms with Crippen LogP contribution in [-0.4, -0.2) is 72.3 Å². The predicted octanol–water partition coefficient (Wildman–Crippen LogP) is 4.80. The fourth-order valence-electron chi connectivity index (χ4n) is 4.49. The zero-order valence-electron chi connectivity index (χ0n) is 22.3. The summed E-state index contributed by atoms with van der Waals surface area (Å²) in [7, 11) is 3.72. The molecule has 0 unspecified atom stereocenters. The van der Waals surface area contributed by atoms with E-state index in [2.05, 4.69) is 42.2 Å². The highest BCUT2D eigenvalue weighted by Gasteiger charge is 2.34. The number of piperazine rings is 1. The number of hydrogen-bond donors (Lipinski definition) is 3. The van der Waals surface area contributed by atoms with Gasteiger partial charge in [0.05, 0.1) is 11.1 Å². The Labute approximate surface area is 227 Å². The minimum absolute atomic E-state index is 0.0221. The number of aromatic nitrogens is 2. The average molecular weight is 536 g/mol. The minimum atomic E-state index is -4.46. The maximum absolute atomic E-state index is 14.1. The lowest BCUT2D eigenvalue weighted by molar-refractivity contribution is -0.138. The molecule has 10 heteroatoms. The maximum atomic E-state index is 14.1. The number of anilines is 2. The van der Waals surface area contributed by atoms with Gasteiger partial charge < -0.3 is 15.5 Å². The van der Waals surface area contributed by atoms with E-state index in [4.69, 9.17) is 5.41 Å². The summed E-state index contributed by atoms with van der Waals surface area (Å²) < 4.78 is 42.2. The molecule has 0 atom stereocenters. The lowest BCUT2D eigenvalue weighted by atomic mass is 9.97. The molecule has 0 aliphatic carbocycles. The second kappa shape index (κ2) is 12.3. The largest absolute Gasteiger partial charge is 0.416 e. The molecule has 2 heterocycles. The summed E-state index contributed by atoms with van der Waals surface area (Å²) in [6.45, 7) is 5.98. The van der Waals surface area contributed by atoms with Crippen molar-refractivity contribution in [2.24, 2.45) is 0 Å². The Kier molecular flexibility index (Phi) is 8.84. The van der Waals surface area contributed by atoms with Gasteiger partial charge in [-0.3, -0.25) is 10.3 Å². The fraction of sp³-hybridized carbons (Fsp3) is 0.345. The first-order valence-electron chi connectivity index (χ1n) is 12.8. The molecule has 1 fully saturated rings. The summed E-state index contributed by atoms with van der Waals surface area (Å²) in [5.74, 6) is 6.79. The molecule has 0 radical (unpaired) electrons. The zero-order valence-corrected chi connectivity index (χ0v) is 22.3. The topological polar surface area (TPSA) is 80.2 Å². The van der Waals surface area contributed by atoms with Crippen LogP contribution < -0.4 is 10.6 Å². The van der Waals surface area contributed by atoms with Crippen LogP contribution in [0.25, 0.3) is 11.1 Å². The monoisotopic (exact) mass is 535 g/mol. The van der Waals surface area contributed by atoms with E-state index in [1.54, 1.807) is 43.4 Å². The van der Waals surface area contributed by atoms with Crippen LogP contribution in [0, 0.1) is 17.3 Å². The first kappa shape index (κ1) is 28.1. The van der Waals surface area contributed by atoms with Crippen molar-refractivity contribution in [1.82, 2.24) is 19.8 Å². The van der Waals surface area contributed by atoms with Gasteiger partial charge in [-0.05, 0) is 54.8 Å². The Morgan fingerprint density at radius 2 is 1.74 bits per heavy atom. The van der Waals surface area contributed by atoms with E-state index in [1.165, 1.54) is 12.4 Å². The number of halogens is 3. The van der Waals surface area contributed by atoms with Crippen molar-refractivity contribution >= 4 is 17.3 Å². The van der Waals surface area contributed by atoms with Crippen LogP contribution >= 0.6 is 0 Å². The molecule has 0 bridgehead atoms. The number of rotatable bonds is 7. The van der Waals surface area contributed by atoms with Crippen molar-refractivity contribution < 1.29 is 13.2 Å². The summed E-state index contributed by atoms with van der Waals surface area (Å²) in [5.41, 5.74) is 1.81. The van der Waals surface area contributed by atoms with Crippen LogP contribution in [0.1, 0.15) is 29.2 Å². The molecule has 1 aliphatic rings. The van der Waals surface area contributed by atoms with E-state index < -0.39 is 11.7 Å². The van der Waals surface area contributed by atoms with Gasteiger partial charge in [0.15, 0.2) is 0 Å². The van der Waals surface area contributed by atoms with Crippen LogP contribution in [0.3, 0.4) is 0 Å². The third-order valence-corrected chi connectivity index (χ3v) is 6.61.